The topological polar surface area (TPSA) is 179 Å². The largest absolute Gasteiger partial charge is 0.508 e. The van der Waals surface area contributed by atoms with Gasteiger partial charge in [-0.05, 0) is 51.3 Å². The van der Waals surface area contributed by atoms with E-state index in [-0.39, 0.29) is 23.6 Å². The molecule has 0 saturated carbocycles. The third-order valence-electron chi connectivity index (χ3n) is 5.42. The zero-order chi connectivity index (χ0) is 26.9. The third-order valence-corrected chi connectivity index (χ3v) is 5.42. The van der Waals surface area contributed by atoms with E-state index in [1.807, 2.05) is 6.07 Å². The number of carbonyl (C=O) groups is 3. The maximum atomic E-state index is 12.9. The molecule has 0 aliphatic carbocycles. The first-order valence-corrected chi connectivity index (χ1v) is 11.6. The van der Waals surface area contributed by atoms with E-state index in [1.165, 1.54) is 12.4 Å². The van der Waals surface area contributed by atoms with Crippen molar-refractivity contribution < 1.29 is 24.6 Å². The van der Waals surface area contributed by atoms with Crippen molar-refractivity contribution in [2.24, 2.45) is 0 Å². The Morgan fingerprint density at radius 2 is 1.73 bits per heavy atom. The SMILES string of the molecule is Cc1cnc(C(=O)NC[C@H](NC(=O)c2c(C)nc(NCCCc3cccc(O)c3)nc2C)C(=O)O)cn1. The van der Waals surface area contributed by atoms with Gasteiger partial charge in [-0.1, -0.05) is 12.1 Å². The molecule has 5 N–H and O–H groups in total. The van der Waals surface area contributed by atoms with Crippen LogP contribution in [0.5, 0.6) is 5.75 Å². The summed E-state index contributed by atoms with van der Waals surface area (Å²) in [5.74, 6) is -2.01. The highest BCUT2D eigenvalue weighted by Crippen LogP contribution is 2.15. The monoisotopic (exact) mass is 507 g/mol. The Balaban J connectivity index is 1.57. The van der Waals surface area contributed by atoms with Gasteiger partial charge in [0.2, 0.25) is 5.95 Å². The van der Waals surface area contributed by atoms with Crippen molar-refractivity contribution in [1.29, 1.82) is 0 Å². The van der Waals surface area contributed by atoms with E-state index >= 15 is 0 Å². The van der Waals surface area contributed by atoms with Gasteiger partial charge in [0.15, 0.2) is 0 Å². The molecule has 12 heteroatoms. The predicted molar refractivity (Wildman–Crippen MR) is 134 cm³/mol. The van der Waals surface area contributed by atoms with Crippen LogP contribution in [0.4, 0.5) is 5.95 Å². The lowest BCUT2D eigenvalue weighted by Crippen LogP contribution is -2.48. The predicted octanol–water partition coefficient (Wildman–Crippen LogP) is 1.56. The van der Waals surface area contributed by atoms with Gasteiger partial charge in [-0.3, -0.25) is 14.6 Å². The summed E-state index contributed by atoms with van der Waals surface area (Å²) in [6.45, 7) is 5.21. The number of rotatable bonds is 11. The van der Waals surface area contributed by atoms with Crippen LogP contribution in [0.2, 0.25) is 0 Å². The van der Waals surface area contributed by atoms with Crippen LogP contribution in [0.25, 0.3) is 0 Å². The molecule has 0 unspecified atom stereocenters. The summed E-state index contributed by atoms with van der Waals surface area (Å²) in [6.07, 6.45) is 4.23. The summed E-state index contributed by atoms with van der Waals surface area (Å²) in [6, 6.07) is 5.67. The van der Waals surface area contributed by atoms with E-state index < -0.39 is 23.8 Å². The molecule has 0 aliphatic rings. The zero-order valence-electron chi connectivity index (χ0n) is 20.8. The summed E-state index contributed by atoms with van der Waals surface area (Å²) in [7, 11) is 0. The molecule has 2 heterocycles. The summed E-state index contributed by atoms with van der Waals surface area (Å²) in [5.41, 5.74) is 2.60. The number of hydrogen-bond acceptors (Lipinski definition) is 9. The zero-order valence-corrected chi connectivity index (χ0v) is 20.8. The molecule has 3 aromatic rings. The van der Waals surface area contributed by atoms with E-state index in [9.17, 15) is 24.6 Å². The van der Waals surface area contributed by atoms with Crippen molar-refractivity contribution in [3.05, 3.63) is 70.6 Å². The van der Waals surface area contributed by atoms with E-state index in [0.29, 0.717) is 29.6 Å². The normalized spacial score (nSPS) is 11.4. The van der Waals surface area contributed by atoms with Gasteiger partial charge in [0, 0.05) is 19.3 Å². The standard InChI is InChI=1S/C25H29N7O5/c1-14-11-28-19(12-27-14)22(34)29-13-20(24(36)37)32-23(35)21-15(2)30-25(31-16(21)3)26-9-5-7-17-6-4-8-18(33)10-17/h4,6,8,10-12,20,33H,5,7,9,13H2,1-3H3,(H,29,34)(H,32,35)(H,36,37)(H,26,30,31)/t20-/m0/s1. The second-order valence-electron chi connectivity index (χ2n) is 8.41. The minimum Gasteiger partial charge on any atom is -0.508 e. The lowest BCUT2D eigenvalue weighted by molar-refractivity contribution is -0.139. The first-order chi connectivity index (χ1) is 17.6. The third kappa shape index (κ3) is 7.69. The van der Waals surface area contributed by atoms with Gasteiger partial charge in [-0.2, -0.15) is 0 Å². The van der Waals surface area contributed by atoms with Crippen LogP contribution in [-0.2, 0) is 11.2 Å². The Bertz CT molecular complexity index is 1260. The number of nitrogens with one attached hydrogen (secondary N) is 3. The number of phenols is 1. The van der Waals surface area contributed by atoms with Crippen LogP contribution in [0, 0.1) is 20.8 Å². The van der Waals surface area contributed by atoms with Gasteiger partial charge in [-0.25, -0.2) is 19.7 Å². The lowest BCUT2D eigenvalue weighted by Gasteiger charge is -2.17. The number of carbonyl (C=O) groups excluding carboxylic acids is 2. The van der Waals surface area contributed by atoms with Gasteiger partial charge in [0.05, 0.1) is 28.8 Å². The number of carboxylic acid groups (broad SMARTS) is 1. The Kier molecular flexibility index (Phi) is 9.03. The van der Waals surface area contributed by atoms with Gasteiger partial charge in [0.1, 0.15) is 17.5 Å². The van der Waals surface area contributed by atoms with E-state index in [0.717, 1.165) is 18.4 Å². The molecule has 0 saturated heterocycles. The molecule has 1 aromatic carbocycles. The van der Waals surface area contributed by atoms with Crippen molar-refractivity contribution in [2.75, 3.05) is 18.4 Å². The number of anilines is 1. The number of aliphatic carboxylic acids is 1. The molecule has 0 bridgehead atoms. The molecule has 1 atom stereocenters. The Morgan fingerprint density at radius 1 is 1.00 bits per heavy atom. The lowest BCUT2D eigenvalue weighted by atomic mass is 10.1. The fourth-order valence-electron chi connectivity index (χ4n) is 3.55. The smallest absolute Gasteiger partial charge is 0.328 e. The van der Waals surface area contributed by atoms with Crippen LogP contribution < -0.4 is 16.0 Å². The highest BCUT2D eigenvalue weighted by Gasteiger charge is 2.25. The minimum absolute atomic E-state index is 0.0335. The van der Waals surface area contributed by atoms with Crippen LogP contribution in [0.3, 0.4) is 0 Å². The van der Waals surface area contributed by atoms with E-state index in [1.54, 1.807) is 39.0 Å². The number of amides is 2. The molecule has 37 heavy (non-hydrogen) atoms. The molecule has 2 amide bonds. The second kappa shape index (κ2) is 12.4. The molecule has 194 valence electrons. The fraction of sp³-hybridized carbons (Fsp3) is 0.320. The van der Waals surface area contributed by atoms with E-state index in [2.05, 4.69) is 35.9 Å². The van der Waals surface area contributed by atoms with Crippen molar-refractivity contribution in [3.63, 3.8) is 0 Å². The van der Waals surface area contributed by atoms with Gasteiger partial charge < -0.3 is 26.2 Å². The van der Waals surface area contributed by atoms with Gasteiger partial charge in [0.25, 0.3) is 11.8 Å². The van der Waals surface area contributed by atoms with Gasteiger partial charge >= 0.3 is 5.97 Å². The Labute approximate surface area is 213 Å². The van der Waals surface area contributed by atoms with Crippen LogP contribution in [0.1, 0.15) is 49.9 Å². The number of hydrogen-bond donors (Lipinski definition) is 5. The molecular weight excluding hydrogens is 478 g/mol. The maximum absolute atomic E-state index is 12.9. The molecule has 3 rings (SSSR count). The minimum atomic E-state index is -1.39. The first kappa shape index (κ1) is 27.0. The van der Waals surface area contributed by atoms with Crippen LogP contribution in [0.15, 0.2) is 36.7 Å². The number of aromatic hydroxyl groups is 1. The highest BCUT2D eigenvalue weighted by molar-refractivity contribution is 5.99. The van der Waals surface area contributed by atoms with Crippen molar-refractivity contribution >= 4 is 23.7 Å². The number of aromatic nitrogens is 4. The second-order valence-corrected chi connectivity index (χ2v) is 8.41. The maximum Gasteiger partial charge on any atom is 0.328 e. The first-order valence-electron chi connectivity index (χ1n) is 11.6. The van der Waals surface area contributed by atoms with Crippen molar-refractivity contribution in [2.45, 2.75) is 39.7 Å². The fourth-order valence-corrected chi connectivity index (χ4v) is 3.55. The van der Waals surface area contributed by atoms with E-state index in [4.69, 9.17) is 0 Å². The molecule has 0 fully saturated rings. The Hall–Kier alpha value is -4.61. The molecule has 12 nitrogen and oxygen atoms in total. The molecule has 2 aromatic heterocycles. The average molecular weight is 508 g/mol. The summed E-state index contributed by atoms with van der Waals surface area (Å²) < 4.78 is 0. The van der Waals surface area contributed by atoms with Gasteiger partial charge in [-0.15, -0.1) is 0 Å². The quantitative estimate of drug-likeness (QED) is 0.239. The molecular formula is C25H29N7O5. The number of carboxylic acids is 1. The van der Waals surface area contributed by atoms with Crippen molar-refractivity contribution in [3.8, 4) is 5.75 Å². The summed E-state index contributed by atoms with van der Waals surface area (Å²) >= 11 is 0. The molecule has 0 aliphatic heterocycles. The number of benzene rings is 1. The Morgan fingerprint density at radius 3 is 2.35 bits per heavy atom. The number of phenolic OH excluding ortho intramolecular Hbond substituents is 1. The average Bonchev–Trinajstić information content (AvgIpc) is 2.84. The highest BCUT2D eigenvalue weighted by atomic mass is 16.4. The van der Waals surface area contributed by atoms with Crippen molar-refractivity contribution in [1.82, 2.24) is 30.6 Å². The summed E-state index contributed by atoms with van der Waals surface area (Å²) in [5, 5.41) is 27.1. The van der Waals surface area contributed by atoms with Crippen LogP contribution >= 0.6 is 0 Å². The summed E-state index contributed by atoms with van der Waals surface area (Å²) in [4.78, 5) is 53.4. The molecule has 0 spiro atoms. The number of aryl methyl sites for hydroxylation is 4. The van der Waals surface area contributed by atoms with Crippen LogP contribution in [-0.4, -0.2) is 67.1 Å². The number of nitrogens with zero attached hydrogens (tertiary/aromatic N) is 4. The molecule has 0 radical (unpaired) electrons.